The molecule has 2 N–H and O–H groups in total. The molecule has 0 bridgehead atoms. The van der Waals surface area contributed by atoms with E-state index >= 15 is 0 Å². The summed E-state index contributed by atoms with van der Waals surface area (Å²) in [5, 5.41) is 8.16. The number of rotatable bonds is 8. The minimum Gasteiger partial charge on any atom is -0.459 e. The summed E-state index contributed by atoms with van der Waals surface area (Å²) in [7, 11) is 0. The zero-order chi connectivity index (χ0) is 20.6. The standard InChI is InChI=1S/C23H36N4O2.HI/c1-5-24-23(25-16-22-18(4)20-8-6-7-9-21(20)29-22)26-19-10-12-27(13-11-19)14-15-28-17(2)3;/h6-9,17,19H,5,10-16H2,1-4H3,(H2,24,25,26);1H. The van der Waals surface area contributed by atoms with E-state index in [1.165, 1.54) is 10.9 Å². The molecule has 1 aliphatic heterocycles. The van der Waals surface area contributed by atoms with Crippen LogP contribution in [0.2, 0.25) is 0 Å². The van der Waals surface area contributed by atoms with Crippen molar-refractivity contribution >= 4 is 40.9 Å². The van der Waals surface area contributed by atoms with Gasteiger partial charge in [-0.1, -0.05) is 18.2 Å². The molecule has 0 spiro atoms. The van der Waals surface area contributed by atoms with E-state index < -0.39 is 0 Å². The van der Waals surface area contributed by atoms with Gasteiger partial charge in [0.15, 0.2) is 5.96 Å². The molecular formula is C23H37IN4O2. The number of piperidine rings is 1. The number of nitrogens with one attached hydrogen (secondary N) is 2. The fourth-order valence-electron chi connectivity index (χ4n) is 3.76. The van der Waals surface area contributed by atoms with Crippen LogP contribution in [0.3, 0.4) is 0 Å². The Hall–Kier alpha value is -1.32. The van der Waals surface area contributed by atoms with E-state index in [0.29, 0.717) is 18.7 Å². The summed E-state index contributed by atoms with van der Waals surface area (Å²) in [6.45, 7) is 13.8. The number of hydrogen-bond donors (Lipinski definition) is 2. The van der Waals surface area contributed by atoms with Crippen LogP contribution < -0.4 is 10.6 Å². The number of aliphatic imine (C=N–C) groups is 1. The Morgan fingerprint density at radius 1 is 1.27 bits per heavy atom. The van der Waals surface area contributed by atoms with Crippen molar-refractivity contribution in [1.29, 1.82) is 0 Å². The van der Waals surface area contributed by atoms with Crippen molar-refractivity contribution in [2.45, 2.75) is 59.2 Å². The Morgan fingerprint density at radius 3 is 2.67 bits per heavy atom. The Balaban J connectivity index is 0.00000320. The number of fused-ring (bicyclic) bond motifs is 1. The van der Waals surface area contributed by atoms with Gasteiger partial charge in [-0.15, -0.1) is 24.0 Å². The van der Waals surface area contributed by atoms with Gasteiger partial charge < -0.3 is 24.7 Å². The first-order chi connectivity index (χ1) is 14.1. The molecule has 1 aromatic carbocycles. The summed E-state index contributed by atoms with van der Waals surface area (Å²) in [4.78, 5) is 7.28. The second-order valence-electron chi connectivity index (χ2n) is 8.02. The number of benzene rings is 1. The van der Waals surface area contributed by atoms with Gasteiger partial charge in [-0.2, -0.15) is 0 Å². The third kappa shape index (κ3) is 7.13. The Morgan fingerprint density at radius 2 is 2.00 bits per heavy atom. The second kappa shape index (κ2) is 12.5. The predicted octanol–water partition coefficient (Wildman–Crippen LogP) is 4.30. The highest BCUT2D eigenvalue weighted by molar-refractivity contribution is 14.0. The topological polar surface area (TPSA) is 62.0 Å². The fourth-order valence-corrected chi connectivity index (χ4v) is 3.76. The van der Waals surface area contributed by atoms with E-state index in [2.05, 4.69) is 49.3 Å². The van der Waals surface area contributed by atoms with Crippen LogP contribution in [0.1, 0.15) is 44.9 Å². The van der Waals surface area contributed by atoms with Crippen LogP contribution in [-0.4, -0.2) is 55.8 Å². The molecule has 7 heteroatoms. The van der Waals surface area contributed by atoms with Gasteiger partial charge in [-0.3, -0.25) is 0 Å². The van der Waals surface area contributed by atoms with Crippen molar-refractivity contribution in [3.63, 3.8) is 0 Å². The number of likely N-dealkylation sites (tertiary alicyclic amines) is 1. The lowest BCUT2D eigenvalue weighted by Crippen LogP contribution is -2.49. The van der Waals surface area contributed by atoms with E-state index in [0.717, 1.165) is 62.9 Å². The Kier molecular flexibility index (Phi) is 10.4. The molecule has 0 atom stereocenters. The van der Waals surface area contributed by atoms with Crippen LogP contribution in [0.15, 0.2) is 33.7 Å². The highest BCUT2D eigenvalue weighted by Crippen LogP contribution is 2.25. The lowest BCUT2D eigenvalue weighted by Gasteiger charge is -2.33. The number of ether oxygens (including phenoxy) is 1. The molecule has 3 rings (SSSR count). The van der Waals surface area contributed by atoms with Crippen LogP contribution >= 0.6 is 24.0 Å². The van der Waals surface area contributed by atoms with Crippen molar-refractivity contribution in [1.82, 2.24) is 15.5 Å². The van der Waals surface area contributed by atoms with E-state index in [1.807, 2.05) is 18.2 Å². The molecule has 2 heterocycles. The molecule has 2 aromatic rings. The SMILES string of the molecule is CCNC(=NCc1oc2ccccc2c1C)NC1CCN(CCOC(C)C)CC1.I. The zero-order valence-corrected chi connectivity index (χ0v) is 21.1. The summed E-state index contributed by atoms with van der Waals surface area (Å²) >= 11 is 0. The number of furan rings is 1. The molecule has 1 aliphatic rings. The number of nitrogens with zero attached hydrogens (tertiary/aromatic N) is 2. The molecule has 1 saturated heterocycles. The number of halogens is 1. The molecule has 0 unspecified atom stereocenters. The van der Waals surface area contributed by atoms with Gasteiger partial charge in [-0.25, -0.2) is 4.99 Å². The van der Waals surface area contributed by atoms with Crippen LogP contribution in [0.4, 0.5) is 0 Å². The van der Waals surface area contributed by atoms with E-state index in [9.17, 15) is 0 Å². The van der Waals surface area contributed by atoms with Crippen molar-refractivity contribution in [3.05, 3.63) is 35.6 Å². The first-order valence-corrected chi connectivity index (χ1v) is 10.9. The number of para-hydroxylation sites is 1. The van der Waals surface area contributed by atoms with E-state index in [-0.39, 0.29) is 24.0 Å². The van der Waals surface area contributed by atoms with Gasteiger partial charge in [0.05, 0.1) is 12.7 Å². The first kappa shape index (κ1) is 24.9. The zero-order valence-electron chi connectivity index (χ0n) is 18.7. The Bertz CT molecular complexity index is 798. The molecule has 0 aliphatic carbocycles. The first-order valence-electron chi connectivity index (χ1n) is 10.9. The maximum Gasteiger partial charge on any atom is 0.191 e. The number of guanidine groups is 1. The highest BCUT2D eigenvalue weighted by atomic mass is 127. The molecule has 168 valence electrons. The van der Waals surface area contributed by atoms with Crippen molar-refractivity contribution in [2.24, 2.45) is 4.99 Å². The normalized spacial score (nSPS) is 16.1. The molecule has 1 fully saturated rings. The van der Waals surface area contributed by atoms with Gasteiger partial charge in [0, 0.05) is 43.2 Å². The second-order valence-corrected chi connectivity index (χ2v) is 8.02. The molecule has 0 saturated carbocycles. The van der Waals surface area contributed by atoms with Crippen LogP contribution in [0.25, 0.3) is 11.0 Å². The molecule has 0 amide bonds. The molecule has 6 nitrogen and oxygen atoms in total. The molecule has 0 radical (unpaired) electrons. The highest BCUT2D eigenvalue weighted by Gasteiger charge is 2.20. The maximum atomic E-state index is 6.00. The van der Waals surface area contributed by atoms with E-state index in [1.54, 1.807) is 0 Å². The summed E-state index contributed by atoms with van der Waals surface area (Å²) in [5.74, 6) is 1.80. The monoisotopic (exact) mass is 528 g/mol. The van der Waals surface area contributed by atoms with Gasteiger partial charge in [0.2, 0.25) is 0 Å². The quantitative estimate of drug-likeness (QED) is 0.304. The van der Waals surface area contributed by atoms with Crippen molar-refractivity contribution in [3.8, 4) is 0 Å². The summed E-state index contributed by atoms with van der Waals surface area (Å²) in [5.41, 5.74) is 2.11. The third-order valence-corrected chi connectivity index (χ3v) is 5.45. The summed E-state index contributed by atoms with van der Waals surface area (Å²) in [6.07, 6.45) is 2.55. The minimum absolute atomic E-state index is 0. The number of hydrogen-bond acceptors (Lipinski definition) is 4. The van der Waals surface area contributed by atoms with Gasteiger partial charge in [-0.05, 0) is 46.6 Å². The van der Waals surface area contributed by atoms with Crippen molar-refractivity contribution < 1.29 is 9.15 Å². The Labute approximate surface area is 197 Å². The summed E-state index contributed by atoms with van der Waals surface area (Å²) < 4.78 is 11.7. The molecular weight excluding hydrogens is 491 g/mol. The van der Waals surface area contributed by atoms with Crippen molar-refractivity contribution in [2.75, 3.05) is 32.8 Å². The average Bonchev–Trinajstić information content (AvgIpc) is 3.03. The minimum atomic E-state index is 0. The third-order valence-electron chi connectivity index (χ3n) is 5.45. The lowest BCUT2D eigenvalue weighted by molar-refractivity contribution is 0.0532. The largest absolute Gasteiger partial charge is 0.459 e. The smallest absolute Gasteiger partial charge is 0.191 e. The van der Waals surface area contributed by atoms with E-state index in [4.69, 9.17) is 14.1 Å². The predicted molar refractivity (Wildman–Crippen MR) is 135 cm³/mol. The molecule has 30 heavy (non-hydrogen) atoms. The van der Waals surface area contributed by atoms with Gasteiger partial charge in [0.1, 0.15) is 17.9 Å². The van der Waals surface area contributed by atoms with Crippen LogP contribution in [0.5, 0.6) is 0 Å². The molecule has 1 aromatic heterocycles. The average molecular weight is 528 g/mol. The van der Waals surface area contributed by atoms with Gasteiger partial charge >= 0.3 is 0 Å². The summed E-state index contributed by atoms with van der Waals surface area (Å²) in [6, 6.07) is 8.62. The van der Waals surface area contributed by atoms with Crippen LogP contribution in [-0.2, 0) is 11.3 Å². The maximum absolute atomic E-state index is 6.00. The van der Waals surface area contributed by atoms with Gasteiger partial charge in [0.25, 0.3) is 0 Å². The van der Waals surface area contributed by atoms with Crippen LogP contribution in [0, 0.1) is 6.92 Å². The number of aryl methyl sites for hydroxylation is 1. The fraction of sp³-hybridized carbons (Fsp3) is 0.609. The lowest BCUT2D eigenvalue weighted by atomic mass is 10.1.